The van der Waals surface area contributed by atoms with E-state index in [2.05, 4.69) is 25.0 Å². The van der Waals surface area contributed by atoms with E-state index in [-0.39, 0.29) is 24.0 Å². The average Bonchev–Trinajstić information content (AvgIpc) is 3.45. The Morgan fingerprint density at radius 2 is 1.86 bits per heavy atom. The van der Waals surface area contributed by atoms with E-state index < -0.39 is 11.9 Å². The molecule has 0 aliphatic rings. The Hall–Kier alpha value is -4.48. The van der Waals surface area contributed by atoms with E-state index in [1.54, 1.807) is 36.7 Å². The standard InChI is InChI=1S/C25H22F3N7O2/c1-14(2)21-17(5-4-10-29-21)22-30-12-18-23(32-22)34(24(36)31-18)13-15-6-8-16(9-7-15)35-20(37-3)11-19(33-35)25(26,27)28/h4-12,14H,13H2,1-3H3,(H,31,36). The van der Waals surface area contributed by atoms with Gasteiger partial charge < -0.3 is 9.72 Å². The van der Waals surface area contributed by atoms with Crippen LogP contribution < -0.4 is 10.4 Å². The van der Waals surface area contributed by atoms with Crippen LogP contribution in [0.2, 0.25) is 0 Å². The fourth-order valence-electron chi connectivity index (χ4n) is 4.05. The van der Waals surface area contributed by atoms with Gasteiger partial charge in [0.15, 0.2) is 17.2 Å². The van der Waals surface area contributed by atoms with Gasteiger partial charge in [0.1, 0.15) is 5.52 Å². The number of benzene rings is 1. The number of methoxy groups -OCH3 is 1. The average molecular weight is 509 g/mol. The number of fused-ring (bicyclic) bond motifs is 1. The highest BCUT2D eigenvalue weighted by atomic mass is 19.4. The van der Waals surface area contributed by atoms with Crippen LogP contribution in [0.5, 0.6) is 5.88 Å². The lowest BCUT2D eigenvalue weighted by Gasteiger charge is -2.10. The number of H-pyrrole nitrogens is 1. The number of nitrogens with one attached hydrogen (secondary N) is 1. The minimum absolute atomic E-state index is 0.0479. The summed E-state index contributed by atoms with van der Waals surface area (Å²) in [6.45, 7) is 4.25. The van der Waals surface area contributed by atoms with Crippen molar-refractivity contribution in [1.82, 2.24) is 34.3 Å². The Morgan fingerprint density at radius 3 is 2.54 bits per heavy atom. The number of ether oxygens (including phenoxy) is 1. The van der Waals surface area contributed by atoms with Gasteiger partial charge in [0, 0.05) is 17.8 Å². The van der Waals surface area contributed by atoms with Crippen LogP contribution >= 0.6 is 0 Å². The third-order valence-corrected chi connectivity index (χ3v) is 5.84. The molecule has 0 aliphatic carbocycles. The van der Waals surface area contributed by atoms with Crippen LogP contribution in [-0.2, 0) is 12.7 Å². The second-order valence-corrected chi connectivity index (χ2v) is 8.69. The number of halogens is 3. The van der Waals surface area contributed by atoms with E-state index in [9.17, 15) is 18.0 Å². The van der Waals surface area contributed by atoms with E-state index in [1.165, 1.54) is 11.7 Å². The minimum atomic E-state index is -4.60. The first-order valence-corrected chi connectivity index (χ1v) is 11.4. The molecule has 0 bridgehead atoms. The van der Waals surface area contributed by atoms with Gasteiger partial charge in [-0.15, -0.1) is 0 Å². The number of nitrogens with zero attached hydrogens (tertiary/aromatic N) is 6. The van der Waals surface area contributed by atoms with Crippen molar-refractivity contribution in [3.63, 3.8) is 0 Å². The van der Waals surface area contributed by atoms with E-state index in [0.717, 1.165) is 27.6 Å². The Morgan fingerprint density at radius 1 is 1.11 bits per heavy atom. The molecule has 1 N–H and O–H groups in total. The monoisotopic (exact) mass is 509 g/mol. The molecule has 0 atom stereocenters. The molecule has 0 aliphatic heterocycles. The Kier molecular flexibility index (Phi) is 6.02. The van der Waals surface area contributed by atoms with Gasteiger partial charge in [0.25, 0.3) is 0 Å². The molecule has 0 amide bonds. The van der Waals surface area contributed by atoms with Crippen LogP contribution in [0.1, 0.15) is 36.7 Å². The summed E-state index contributed by atoms with van der Waals surface area (Å²) in [5.41, 5.74) is 2.26. The molecule has 0 unspecified atom stereocenters. The summed E-state index contributed by atoms with van der Waals surface area (Å²) in [6.07, 6.45) is -1.31. The molecule has 1 aromatic carbocycles. The highest BCUT2D eigenvalue weighted by Gasteiger charge is 2.35. The molecule has 37 heavy (non-hydrogen) atoms. The number of imidazole rings is 1. The largest absolute Gasteiger partial charge is 0.481 e. The zero-order chi connectivity index (χ0) is 26.3. The van der Waals surface area contributed by atoms with Gasteiger partial charge in [0.05, 0.1) is 31.2 Å². The Bertz CT molecular complexity index is 1630. The van der Waals surface area contributed by atoms with E-state index >= 15 is 0 Å². The molecule has 12 heteroatoms. The number of pyridine rings is 1. The molecule has 0 spiro atoms. The molecule has 5 rings (SSSR count). The van der Waals surface area contributed by atoms with Gasteiger partial charge in [-0.2, -0.15) is 18.3 Å². The summed E-state index contributed by atoms with van der Waals surface area (Å²) >= 11 is 0. The van der Waals surface area contributed by atoms with Crippen LogP contribution in [-0.4, -0.2) is 41.4 Å². The smallest absolute Gasteiger partial charge is 0.435 e. The van der Waals surface area contributed by atoms with Gasteiger partial charge in [-0.05, 0) is 35.7 Å². The van der Waals surface area contributed by atoms with Gasteiger partial charge in [0.2, 0.25) is 5.88 Å². The SMILES string of the molecule is COc1cc(C(F)(F)F)nn1-c1ccc(Cn2c(=O)[nH]c3cnc(-c4cccnc4C(C)C)nc32)cc1. The summed E-state index contributed by atoms with van der Waals surface area (Å²) in [6, 6.07) is 11.2. The normalized spacial score (nSPS) is 12.0. The van der Waals surface area contributed by atoms with Crippen molar-refractivity contribution in [2.24, 2.45) is 0 Å². The zero-order valence-electron chi connectivity index (χ0n) is 20.1. The second-order valence-electron chi connectivity index (χ2n) is 8.69. The van der Waals surface area contributed by atoms with E-state index in [0.29, 0.717) is 22.7 Å². The maximum Gasteiger partial charge on any atom is 0.435 e. The van der Waals surface area contributed by atoms with Crippen LogP contribution in [0, 0.1) is 0 Å². The number of rotatable bonds is 6. The maximum absolute atomic E-state index is 13.1. The molecule has 0 saturated carbocycles. The molecule has 190 valence electrons. The van der Waals surface area contributed by atoms with Crippen LogP contribution in [0.15, 0.2) is 59.7 Å². The molecular weight excluding hydrogens is 487 g/mol. The molecule has 5 aromatic rings. The van der Waals surface area contributed by atoms with Gasteiger partial charge >= 0.3 is 11.9 Å². The number of aromatic amines is 1. The van der Waals surface area contributed by atoms with E-state index in [1.807, 2.05) is 26.0 Å². The fourth-order valence-corrected chi connectivity index (χ4v) is 4.05. The van der Waals surface area contributed by atoms with Crippen molar-refractivity contribution in [3.8, 4) is 23.0 Å². The summed E-state index contributed by atoms with van der Waals surface area (Å²) in [4.78, 5) is 29.0. The van der Waals surface area contributed by atoms with Crippen molar-refractivity contribution < 1.29 is 17.9 Å². The van der Waals surface area contributed by atoms with Crippen LogP contribution in [0.3, 0.4) is 0 Å². The van der Waals surface area contributed by atoms with Crippen molar-refractivity contribution in [1.29, 1.82) is 0 Å². The Labute approximate surface area is 208 Å². The Balaban J connectivity index is 1.48. The number of hydrogen-bond donors (Lipinski definition) is 1. The van der Waals surface area contributed by atoms with Crippen molar-refractivity contribution in [2.75, 3.05) is 7.11 Å². The predicted molar refractivity (Wildman–Crippen MR) is 130 cm³/mol. The summed E-state index contributed by atoms with van der Waals surface area (Å²) < 4.78 is 46.9. The lowest BCUT2D eigenvalue weighted by molar-refractivity contribution is -0.141. The fraction of sp³-hybridized carbons (Fsp3) is 0.240. The molecule has 4 aromatic heterocycles. The lowest BCUT2D eigenvalue weighted by Crippen LogP contribution is -2.18. The number of alkyl halides is 3. The second kappa shape index (κ2) is 9.19. The van der Waals surface area contributed by atoms with Gasteiger partial charge in [-0.25, -0.2) is 19.4 Å². The molecule has 0 saturated heterocycles. The molecule has 4 heterocycles. The van der Waals surface area contributed by atoms with Crippen LogP contribution in [0.4, 0.5) is 13.2 Å². The number of aromatic nitrogens is 7. The molecular formula is C25H22F3N7O2. The molecule has 0 fully saturated rings. The first-order chi connectivity index (χ1) is 17.7. The highest BCUT2D eigenvalue weighted by molar-refractivity contribution is 5.73. The third kappa shape index (κ3) is 4.57. The quantitative estimate of drug-likeness (QED) is 0.360. The van der Waals surface area contributed by atoms with Gasteiger partial charge in [-0.3, -0.25) is 9.55 Å². The van der Waals surface area contributed by atoms with Crippen molar-refractivity contribution in [2.45, 2.75) is 32.5 Å². The summed E-state index contributed by atoms with van der Waals surface area (Å²) in [7, 11) is 1.28. The summed E-state index contributed by atoms with van der Waals surface area (Å²) in [5.74, 6) is 0.565. The predicted octanol–water partition coefficient (Wildman–Crippen LogP) is 4.57. The number of hydrogen-bond acceptors (Lipinski definition) is 6. The lowest BCUT2D eigenvalue weighted by atomic mass is 10.0. The summed E-state index contributed by atoms with van der Waals surface area (Å²) in [5, 5.41) is 3.63. The maximum atomic E-state index is 13.1. The van der Waals surface area contributed by atoms with Crippen molar-refractivity contribution >= 4 is 11.2 Å². The van der Waals surface area contributed by atoms with Gasteiger partial charge in [-0.1, -0.05) is 26.0 Å². The first-order valence-electron chi connectivity index (χ1n) is 11.4. The van der Waals surface area contributed by atoms with Crippen molar-refractivity contribution in [3.05, 3.63) is 82.3 Å². The van der Waals surface area contributed by atoms with E-state index in [4.69, 9.17) is 4.74 Å². The molecule has 0 radical (unpaired) electrons. The third-order valence-electron chi connectivity index (χ3n) is 5.84. The zero-order valence-corrected chi connectivity index (χ0v) is 20.1. The first kappa shape index (κ1) is 24.2. The van der Waals surface area contributed by atoms with Crippen LogP contribution in [0.25, 0.3) is 28.2 Å². The topological polar surface area (TPSA) is 104 Å². The highest BCUT2D eigenvalue weighted by Crippen LogP contribution is 2.32. The molecule has 9 nitrogen and oxygen atoms in total. The minimum Gasteiger partial charge on any atom is -0.481 e.